The van der Waals surface area contributed by atoms with Crippen LogP contribution < -0.4 is 10.6 Å². The summed E-state index contributed by atoms with van der Waals surface area (Å²) in [4.78, 5) is 11.6. The Bertz CT molecular complexity index is 582. The van der Waals surface area contributed by atoms with Crippen LogP contribution in [0.25, 0.3) is 0 Å². The molecule has 106 valence electrons. The molecule has 0 saturated carbocycles. The molecule has 0 fully saturated rings. The van der Waals surface area contributed by atoms with Gasteiger partial charge >= 0.3 is 6.03 Å². The molecule has 0 aliphatic rings. The molecule has 0 saturated heterocycles. The van der Waals surface area contributed by atoms with Crippen molar-refractivity contribution in [2.45, 2.75) is 13.0 Å². The zero-order valence-electron chi connectivity index (χ0n) is 11.3. The summed E-state index contributed by atoms with van der Waals surface area (Å²) in [6.07, 6.45) is 2.45. The molecule has 1 aromatic carbocycles. The fourth-order valence-corrected chi connectivity index (χ4v) is 2.03. The highest BCUT2D eigenvalue weighted by molar-refractivity contribution is 6.30. The molecular formula is C14H17ClN4O. The summed E-state index contributed by atoms with van der Waals surface area (Å²) < 4.78 is 1.73. The number of hydrogen-bond donors (Lipinski definition) is 2. The highest BCUT2D eigenvalue weighted by Gasteiger charge is 2.02. The Kier molecular flexibility index (Phi) is 5.01. The first-order valence-corrected chi connectivity index (χ1v) is 6.76. The number of nitrogens with one attached hydrogen (secondary N) is 2. The van der Waals surface area contributed by atoms with E-state index < -0.39 is 0 Å². The van der Waals surface area contributed by atoms with Crippen LogP contribution in [-0.2, 0) is 20.0 Å². The van der Waals surface area contributed by atoms with Crippen molar-refractivity contribution in [3.8, 4) is 0 Å². The van der Waals surface area contributed by atoms with Gasteiger partial charge in [-0.3, -0.25) is 4.68 Å². The van der Waals surface area contributed by atoms with Crippen LogP contribution in [0.15, 0.2) is 36.5 Å². The van der Waals surface area contributed by atoms with Crippen LogP contribution in [0.5, 0.6) is 0 Å². The highest BCUT2D eigenvalue weighted by atomic mass is 35.5. The fraction of sp³-hybridized carbons (Fsp3) is 0.286. The molecule has 1 aromatic heterocycles. The normalized spacial score (nSPS) is 10.3. The average molecular weight is 293 g/mol. The minimum absolute atomic E-state index is 0.187. The van der Waals surface area contributed by atoms with Gasteiger partial charge in [-0.25, -0.2) is 4.79 Å². The second-order valence-electron chi connectivity index (χ2n) is 4.44. The summed E-state index contributed by atoms with van der Waals surface area (Å²) in [5, 5.41) is 10.3. The summed E-state index contributed by atoms with van der Waals surface area (Å²) in [7, 11) is 1.84. The summed E-state index contributed by atoms with van der Waals surface area (Å²) in [6.45, 7) is 1.02. The van der Waals surface area contributed by atoms with E-state index in [0.717, 1.165) is 17.7 Å². The first kappa shape index (κ1) is 14.4. The third-order valence-electron chi connectivity index (χ3n) is 2.94. The van der Waals surface area contributed by atoms with Gasteiger partial charge in [-0.1, -0.05) is 23.7 Å². The standard InChI is InChI=1S/C14H17ClN4O/c1-19-13(6-8-18-19)10-17-14(20)16-7-5-11-3-2-4-12(15)9-11/h2-4,6,8-9H,5,7,10H2,1H3,(H2,16,17,20). The Balaban J connectivity index is 1.69. The van der Waals surface area contributed by atoms with E-state index in [9.17, 15) is 4.79 Å². The van der Waals surface area contributed by atoms with Crippen LogP contribution in [0, 0.1) is 0 Å². The number of urea groups is 1. The van der Waals surface area contributed by atoms with Crippen molar-refractivity contribution < 1.29 is 4.79 Å². The van der Waals surface area contributed by atoms with Gasteiger partial charge in [0.05, 0.1) is 12.2 Å². The van der Waals surface area contributed by atoms with Gasteiger partial charge in [0, 0.05) is 24.8 Å². The summed E-state index contributed by atoms with van der Waals surface area (Å²) in [6, 6.07) is 9.30. The van der Waals surface area contributed by atoms with Crippen LogP contribution in [0.2, 0.25) is 5.02 Å². The van der Waals surface area contributed by atoms with Gasteiger partial charge in [0.15, 0.2) is 0 Å². The molecular weight excluding hydrogens is 276 g/mol. The molecule has 0 spiro atoms. The number of carbonyl (C=O) groups excluding carboxylic acids is 1. The number of aromatic nitrogens is 2. The molecule has 0 aliphatic heterocycles. The zero-order chi connectivity index (χ0) is 14.4. The summed E-state index contributed by atoms with van der Waals surface area (Å²) in [5.41, 5.74) is 2.06. The SMILES string of the molecule is Cn1nccc1CNC(=O)NCCc1cccc(Cl)c1. The predicted molar refractivity (Wildman–Crippen MR) is 78.6 cm³/mol. The maximum atomic E-state index is 11.6. The number of nitrogens with zero attached hydrogens (tertiary/aromatic N) is 2. The number of amides is 2. The number of benzene rings is 1. The Labute approximate surface area is 122 Å². The topological polar surface area (TPSA) is 59.0 Å². The number of halogens is 1. The monoisotopic (exact) mass is 292 g/mol. The van der Waals surface area contributed by atoms with Crippen LogP contribution >= 0.6 is 11.6 Å². The van der Waals surface area contributed by atoms with Crippen molar-refractivity contribution in [1.29, 1.82) is 0 Å². The predicted octanol–water partition coefficient (Wildman–Crippen LogP) is 2.12. The Morgan fingerprint density at radius 1 is 1.35 bits per heavy atom. The average Bonchev–Trinajstić information content (AvgIpc) is 2.82. The van der Waals surface area contributed by atoms with Gasteiger partial charge < -0.3 is 10.6 Å². The van der Waals surface area contributed by atoms with E-state index in [4.69, 9.17) is 11.6 Å². The van der Waals surface area contributed by atoms with E-state index in [1.807, 2.05) is 37.4 Å². The molecule has 0 bridgehead atoms. The molecule has 2 N–H and O–H groups in total. The van der Waals surface area contributed by atoms with E-state index in [0.29, 0.717) is 18.1 Å². The van der Waals surface area contributed by atoms with E-state index in [1.165, 1.54) is 0 Å². The lowest BCUT2D eigenvalue weighted by Gasteiger charge is -2.08. The lowest BCUT2D eigenvalue weighted by atomic mass is 10.1. The Morgan fingerprint density at radius 3 is 2.90 bits per heavy atom. The number of rotatable bonds is 5. The molecule has 6 heteroatoms. The van der Waals surface area contributed by atoms with Crippen molar-refractivity contribution in [3.05, 3.63) is 52.8 Å². The molecule has 0 atom stereocenters. The summed E-state index contributed by atoms with van der Waals surface area (Å²) in [5.74, 6) is 0. The first-order chi connectivity index (χ1) is 9.65. The van der Waals surface area contributed by atoms with E-state index in [2.05, 4.69) is 15.7 Å². The molecule has 20 heavy (non-hydrogen) atoms. The van der Waals surface area contributed by atoms with Gasteiger partial charge in [0.2, 0.25) is 0 Å². The van der Waals surface area contributed by atoms with Crippen molar-refractivity contribution in [1.82, 2.24) is 20.4 Å². The number of hydrogen-bond acceptors (Lipinski definition) is 2. The van der Waals surface area contributed by atoms with Gasteiger partial charge in [-0.15, -0.1) is 0 Å². The molecule has 5 nitrogen and oxygen atoms in total. The van der Waals surface area contributed by atoms with E-state index >= 15 is 0 Å². The third-order valence-corrected chi connectivity index (χ3v) is 3.18. The lowest BCUT2D eigenvalue weighted by Crippen LogP contribution is -2.36. The minimum atomic E-state index is -0.187. The molecule has 2 amide bonds. The quantitative estimate of drug-likeness (QED) is 0.887. The van der Waals surface area contributed by atoms with Crippen LogP contribution in [0.1, 0.15) is 11.3 Å². The van der Waals surface area contributed by atoms with E-state index in [-0.39, 0.29) is 6.03 Å². The van der Waals surface area contributed by atoms with Crippen LogP contribution in [-0.4, -0.2) is 22.4 Å². The molecule has 0 radical (unpaired) electrons. The van der Waals surface area contributed by atoms with Crippen LogP contribution in [0.3, 0.4) is 0 Å². The van der Waals surface area contributed by atoms with Gasteiger partial charge in [0.1, 0.15) is 0 Å². The Morgan fingerprint density at radius 2 is 2.20 bits per heavy atom. The van der Waals surface area contributed by atoms with Crippen molar-refractivity contribution >= 4 is 17.6 Å². The van der Waals surface area contributed by atoms with Gasteiger partial charge in [0.25, 0.3) is 0 Å². The minimum Gasteiger partial charge on any atom is -0.338 e. The third kappa shape index (κ3) is 4.28. The molecule has 1 heterocycles. The van der Waals surface area contributed by atoms with Crippen molar-refractivity contribution in [3.63, 3.8) is 0 Å². The second-order valence-corrected chi connectivity index (χ2v) is 4.87. The summed E-state index contributed by atoms with van der Waals surface area (Å²) >= 11 is 5.90. The highest BCUT2D eigenvalue weighted by Crippen LogP contribution is 2.10. The number of carbonyl (C=O) groups is 1. The number of aryl methyl sites for hydroxylation is 1. The molecule has 0 aliphatic carbocycles. The van der Waals surface area contributed by atoms with Crippen molar-refractivity contribution in [2.24, 2.45) is 7.05 Å². The first-order valence-electron chi connectivity index (χ1n) is 6.38. The Hall–Kier alpha value is -2.01. The maximum absolute atomic E-state index is 11.6. The van der Waals surface area contributed by atoms with Crippen molar-refractivity contribution in [2.75, 3.05) is 6.54 Å². The van der Waals surface area contributed by atoms with Gasteiger partial charge in [-0.2, -0.15) is 5.10 Å². The van der Waals surface area contributed by atoms with Crippen LogP contribution in [0.4, 0.5) is 4.79 Å². The smallest absolute Gasteiger partial charge is 0.315 e. The molecule has 0 unspecified atom stereocenters. The fourth-order valence-electron chi connectivity index (χ4n) is 1.82. The second kappa shape index (κ2) is 6.96. The van der Waals surface area contributed by atoms with Gasteiger partial charge in [-0.05, 0) is 30.2 Å². The maximum Gasteiger partial charge on any atom is 0.315 e. The molecule has 2 rings (SSSR count). The lowest BCUT2D eigenvalue weighted by molar-refractivity contribution is 0.240. The largest absolute Gasteiger partial charge is 0.338 e. The molecule has 2 aromatic rings. The zero-order valence-corrected chi connectivity index (χ0v) is 12.0. The van der Waals surface area contributed by atoms with E-state index in [1.54, 1.807) is 10.9 Å².